The SMILES string of the molecule is N#Cc1nc(N2CCc3c(sc(N)c3C#N)C2)ccc1Cl. The van der Waals surface area contributed by atoms with Gasteiger partial charge in [0.25, 0.3) is 0 Å². The summed E-state index contributed by atoms with van der Waals surface area (Å²) in [6.07, 6.45) is 0.748. The van der Waals surface area contributed by atoms with E-state index in [-0.39, 0.29) is 5.69 Å². The van der Waals surface area contributed by atoms with E-state index in [4.69, 9.17) is 27.9 Å². The Morgan fingerprint density at radius 1 is 1.33 bits per heavy atom. The van der Waals surface area contributed by atoms with Gasteiger partial charge in [-0.2, -0.15) is 10.5 Å². The molecule has 0 fully saturated rings. The fourth-order valence-electron chi connectivity index (χ4n) is 2.43. The first-order valence-electron chi connectivity index (χ1n) is 6.25. The highest BCUT2D eigenvalue weighted by molar-refractivity contribution is 7.16. The van der Waals surface area contributed by atoms with Crippen molar-refractivity contribution in [1.82, 2.24) is 4.98 Å². The number of rotatable bonds is 1. The van der Waals surface area contributed by atoms with Crippen LogP contribution in [0.3, 0.4) is 0 Å². The zero-order valence-electron chi connectivity index (χ0n) is 10.9. The lowest BCUT2D eigenvalue weighted by Crippen LogP contribution is -2.30. The molecular formula is C14H10ClN5S. The van der Waals surface area contributed by atoms with Crippen LogP contribution in [0.2, 0.25) is 5.02 Å². The van der Waals surface area contributed by atoms with Gasteiger partial charge in [-0.25, -0.2) is 4.98 Å². The Labute approximate surface area is 130 Å². The van der Waals surface area contributed by atoms with Crippen molar-refractivity contribution in [2.24, 2.45) is 0 Å². The first-order chi connectivity index (χ1) is 10.1. The van der Waals surface area contributed by atoms with Gasteiger partial charge in [0, 0.05) is 11.4 Å². The van der Waals surface area contributed by atoms with Crippen LogP contribution in [0, 0.1) is 22.7 Å². The molecule has 0 saturated heterocycles. The minimum Gasteiger partial charge on any atom is -0.389 e. The topological polar surface area (TPSA) is 89.7 Å². The molecule has 5 nitrogen and oxygen atoms in total. The zero-order chi connectivity index (χ0) is 15.0. The van der Waals surface area contributed by atoms with Crippen LogP contribution < -0.4 is 10.6 Å². The van der Waals surface area contributed by atoms with Crippen molar-refractivity contribution in [2.75, 3.05) is 17.2 Å². The van der Waals surface area contributed by atoms with Crippen molar-refractivity contribution in [2.45, 2.75) is 13.0 Å². The number of hydrogen-bond donors (Lipinski definition) is 1. The lowest BCUT2D eigenvalue weighted by Gasteiger charge is -2.28. The third kappa shape index (κ3) is 2.29. The monoisotopic (exact) mass is 315 g/mol. The fourth-order valence-corrected chi connectivity index (χ4v) is 3.66. The number of anilines is 2. The third-order valence-corrected chi connectivity index (χ3v) is 4.81. The zero-order valence-corrected chi connectivity index (χ0v) is 12.5. The van der Waals surface area contributed by atoms with Gasteiger partial charge in [-0.15, -0.1) is 11.3 Å². The maximum atomic E-state index is 9.15. The highest BCUT2D eigenvalue weighted by Gasteiger charge is 2.24. The lowest BCUT2D eigenvalue weighted by molar-refractivity contribution is 0.731. The number of aromatic nitrogens is 1. The molecule has 2 aromatic heterocycles. The summed E-state index contributed by atoms with van der Waals surface area (Å²) in [4.78, 5) is 7.43. The smallest absolute Gasteiger partial charge is 0.161 e. The Kier molecular flexibility index (Phi) is 3.42. The molecule has 7 heteroatoms. The number of fused-ring (bicyclic) bond motifs is 1. The molecule has 0 unspecified atom stereocenters. The van der Waals surface area contributed by atoms with Gasteiger partial charge < -0.3 is 10.6 Å². The van der Waals surface area contributed by atoms with Gasteiger partial charge in [-0.1, -0.05) is 11.6 Å². The number of halogens is 1. The summed E-state index contributed by atoms with van der Waals surface area (Å²) >= 11 is 7.35. The molecule has 0 amide bonds. The van der Waals surface area contributed by atoms with Gasteiger partial charge in [-0.3, -0.25) is 0 Å². The highest BCUT2D eigenvalue weighted by atomic mass is 35.5. The molecule has 3 heterocycles. The van der Waals surface area contributed by atoms with Gasteiger partial charge in [0.2, 0.25) is 0 Å². The van der Waals surface area contributed by atoms with Crippen LogP contribution in [0.15, 0.2) is 12.1 Å². The number of thiophene rings is 1. The summed E-state index contributed by atoms with van der Waals surface area (Å²) in [5.41, 5.74) is 7.76. The summed E-state index contributed by atoms with van der Waals surface area (Å²) in [5.74, 6) is 0.715. The fraction of sp³-hybridized carbons (Fsp3) is 0.214. The minimum atomic E-state index is 0.225. The summed E-state index contributed by atoms with van der Waals surface area (Å²) in [6.45, 7) is 1.38. The van der Waals surface area contributed by atoms with E-state index >= 15 is 0 Å². The van der Waals surface area contributed by atoms with Crippen molar-refractivity contribution in [3.8, 4) is 12.1 Å². The molecule has 0 atom stereocenters. The molecule has 0 spiro atoms. The quantitative estimate of drug-likeness (QED) is 0.873. The number of pyridine rings is 1. The standard InChI is InChI=1S/C14H10ClN5S/c15-10-1-2-13(19-11(10)6-17)20-4-3-8-9(5-16)14(18)21-12(8)7-20/h1-2H,3-4,7,18H2. The van der Waals surface area contributed by atoms with Gasteiger partial charge in [0.1, 0.15) is 23.0 Å². The van der Waals surface area contributed by atoms with Crippen LogP contribution in [0.25, 0.3) is 0 Å². The van der Waals surface area contributed by atoms with Crippen molar-refractivity contribution in [1.29, 1.82) is 10.5 Å². The Morgan fingerprint density at radius 2 is 2.14 bits per heavy atom. The first-order valence-corrected chi connectivity index (χ1v) is 7.45. The van der Waals surface area contributed by atoms with Gasteiger partial charge in [-0.05, 0) is 24.1 Å². The third-order valence-electron chi connectivity index (χ3n) is 3.46. The average Bonchev–Trinajstić information content (AvgIpc) is 2.81. The maximum absolute atomic E-state index is 9.15. The Bertz CT molecular complexity index is 799. The summed E-state index contributed by atoms with van der Waals surface area (Å²) in [6, 6.07) is 7.64. The molecule has 1 aliphatic heterocycles. The van der Waals surface area contributed by atoms with Gasteiger partial charge in [0.15, 0.2) is 5.69 Å². The number of nitrogens with two attached hydrogens (primary N) is 1. The van der Waals surface area contributed by atoms with Crippen molar-refractivity contribution in [3.05, 3.63) is 38.9 Å². The van der Waals surface area contributed by atoms with Crippen LogP contribution in [-0.4, -0.2) is 11.5 Å². The van der Waals surface area contributed by atoms with E-state index in [0.717, 1.165) is 23.4 Å². The van der Waals surface area contributed by atoms with Crippen LogP contribution in [-0.2, 0) is 13.0 Å². The van der Waals surface area contributed by atoms with E-state index in [2.05, 4.69) is 16.0 Å². The molecule has 1 aliphatic rings. The largest absolute Gasteiger partial charge is 0.389 e. The van der Waals surface area contributed by atoms with Crippen molar-refractivity contribution in [3.63, 3.8) is 0 Å². The van der Waals surface area contributed by atoms with Crippen molar-refractivity contribution >= 4 is 33.8 Å². The van der Waals surface area contributed by atoms with E-state index in [9.17, 15) is 0 Å². The molecule has 104 valence electrons. The number of hydrogen-bond acceptors (Lipinski definition) is 6. The van der Waals surface area contributed by atoms with Crippen molar-refractivity contribution < 1.29 is 0 Å². The minimum absolute atomic E-state index is 0.225. The Hall–Kier alpha value is -2.28. The molecule has 2 N–H and O–H groups in total. The predicted molar refractivity (Wildman–Crippen MR) is 82.2 cm³/mol. The number of nitrogen functional groups attached to an aromatic ring is 1. The second-order valence-corrected chi connectivity index (χ2v) is 6.18. The lowest BCUT2D eigenvalue weighted by atomic mass is 10.0. The first kappa shape index (κ1) is 13.7. The van der Waals surface area contributed by atoms with E-state index < -0.39 is 0 Å². The molecule has 21 heavy (non-hydrogen) atoms. The van der Waals surface area contributed by atoms with Crippen LogP contribution >= 0.6 is 22.9 Å². The maximum Gasteiger partial charge on any atom is 0.161 e. The van der Waals surface area contributed by atoms with Crippen LogP contribution in [0.5, 0.6) is 0 Å². The number of nitrogens with zero attached hydrogens (tertiary/aromatic N) is 4. The van der Waals surface area contributed by atoms with E-state index in [0.29, 0.717) is 27.9 Å². The molecule has 2 aromatic rings. The van der Waals surface area contributed by atoms with Crippen LogP contribution in [0.4, 0.5) is 10.8 Å². The molecular weight excluding hydrogens is 306 g/mol. The Balaban J connectivity index is 1.94. The summed E-state index contributed by atoms with van der Waals surface area (Å²) < 4.78 is 0. The summed E-state index contributed by atoms with van der Waals surface area (Å²) in [5, 5.41) is 19.1. The molecule has 0 saturated carbocycles. The molecule has 3 rings (SSSR count). The van der Waals surface area contributed by atoms with Crippen LogP contribution in [0.1, 0.15) is 21.7 Å². The average molecular weight is 316 g/mol. The van der Waals surface area contributed by atoms with Gasteiger partial charge in [0.05, 0.1) is 17.1 Å². The molecule has 0 aliphatic carbocycles. The molecule has 0 bridgehead atoms. The van der Waals surface area contributed by atoms with E-state index in [1.165, 1.54) is 11.3 Å². The second-order valence-electron chi connectivity index (χ2n) is 4.64. The van der Waals surface area contributed by atoms with E-state index in [1.54, 1.807) is 12.1 Å². The Morgan fingerprint density at radius 3 is 2.86 bits per heavy atom. The number of nitriles is 2. The summed E-state index contributed by atoms with van der Waals surface area (Å²) in [7, 11) is 0. The van der Waals surface area contributed by atoms with E-state index in [1.807, 2.05) is 6.07 Å². The van der Waals surface area contributed by atoms with Gasteiger partial charge >= 0.3 is 0 Å². The molecule has 0 aromatic carbocycles. The predicted octanol–water partition coefficient (Wildman–Crippen LogP) is 2.68. The normalized spacial score (nSPS) is 13.4. The molecule has 0 radical (unpaired) electrons. The highest BCUT2D eigenvalue weighted by Crippen LogP contribution is 2.35. The second kappa shape index (κ2) is 5.25.